The molecule has 1 heterocycles. The van der Waals surface area contributed by atoms with Gasteiger partial charge in [-0.2, -0.15) is 5.10 Å². The number of benzene rings is 1. The van der Waals surface area contributed by atoms with Crippen molar-refractivity contribution in [2.24, 2.45) is 0 Å². The summed E-state index contributed by atoms with van der Waals surface area (Å²) in [7, 11) is -3.67. The lowest BCUT2D eigenvalue weighted by Gasteiger charge is -2.23. The van der Waals surface area contributed by atoms with Crippen LogP contribution in [0.4, 0.5) is 11.4 Å². The number of nitrogens with one attached hydrogen (secondary N) is 1. The molecule has 0 bridgehead atoms. The van der Waals surface area contributed by atoms with Crippen LogP contribution in [0.1, 0.15) is 23.9 Å². The summed E-state index contributed by atoms with van der Waals surface area (Å²) in [4.78, 5) is 0.225. The summed E-state index contributed by atoms with van der Waals surface area (Å²) in [5, 5.41) is 6.68. The predicted octanol–water partition coefficient (Wildman–Crippen LogP) is 2.13. The number of nitrogens with two attached hydrogens (primary N) is 1. The van der Waals surface area contributed by atoms with Crippen LogP contribution in [-0.4, -0.2) is 25.2 Å². The number of nitrogen functional groups attached to an aromatic ring is 1. The molecule has 0 spiro atoms. The Bertz CT molecular complexity index is 746. The van der Waals surface area contributed by atoms with Gasteiger partial charge in [0.2, 0.25) is 0 Å². The van der Waals surface area contributed by atoms with E-state index in [2.05, 4.69) is 10.2 Å². The minimum atomic E-state index is -3.67. The smallest absolute Gasteiger partial charge is 0.267 e. The molecule has 2 rings (SSSR count). The van der Waals surface area contributed by atoms with Crippen LogP contribution >= 0.6 is 0 Å². The standard InChI is InChI=1S/C14H20N4O2S/c1-5-18(12-7-6-9(2)13(15)8-12)21(19,20)14-10(3)16-17-11(14)4/h6-8H,5,15H2,1-4H3,(H,16,17). The van der Waals surface area contributed by atoms with Crippen molar-refractivity contribution < 1.29 is 8.42 Å². The number of aromatic amines is 1. The highest BCUT2D eigenvalue weighted by atomic mass is 32.2. The van der Waals surface area contributed by atoms with Gasteiger partial charge in [0.25, 0.3) is 10.0 Å². The van der Waals surface area contributed by atoms with E-state index < -0.39 is 10.0 Å². The molecule has 21 heavy (non-hydrogen) atoms. The zero-order valence-electron chi connectivity index (χ0n) is 12.6. The molecule has 0 saturated carbocycles. The number of aromatic nitrogens is 2. The number of nitrogens with zero attached hydrogens (tertiary/aromatic N) is 2. The van der Waals surface area contributed by atoms with Crippen LogP contribution in [0.15, 0.2) is 23.1 Å². The first-order chi connectivity index (χ1) is 9.78. The van der Waals surface area contributed by atoms with Crippen molar-refractivity contribution in [3.63, 3.8) is 0 Å². The van der Waals surface area contributed by atoms with Crippen LogP contribution in [0.3, 0.4) is 0 Å². The first-order valence-corrected chi connectivity index (χ1v) is 8.13. The minimum absolute atomic E-state index is 0.225. The highest BCUT2D eigenvalue weighted by Crippen LogP contribution is 2.28. The average molecular weight is 308 g/mol. The Morgan fingerprint density at radius 1 is 1.29 bits per heavy atom. The van der Waals surface area contributed by atoms with Crippen molar-refractivity contribution in [1.29, 1.82) is 0 Å². The largest absolute Gasteiger partial charge is 0.398 e. The fourth-order valence-electron chi connectivity index (χ4n) is 2.31. The maximum Gasteiger partial charge on any atom is 0.267 e. The molecule has 0 aliphatic heterocycles. The summed E-state index contributed by atoms with van der Waals surface area (Å²) < 4.78 is 27.1. The third kappa shape index (κ3) is 2.61. The molecule has 1 aromatic heterocycles. The number of aryl methyl sites for hydroxylation is 3. The summed E-state index contributed by atoms with van der Waals surface area (Å²) in [5.41, 5.74) is 8.94. The summed E-state index contributed by atoms with van der Waals surface area (Å²) in [6, 6.07) is 5.26. The van der Waals surface area contributed by atoms with Gasteiger partial charge in [-0.05, 0) is 45.4 Å². The molecule has 6 nitrogen and oxygen atoms in total. The molecule has 0 amide bonds. The lowest BCUT2D eigenvalue weighted by Crippen LogP contribution is -2.31. The van der Waals surface area contributed by atoms with Gasteiger partial charge in [-0.25, -0.2) is 8.42 Å². The maximum atomic E-state index is 12.9. The lowest BCUT2D eigenvalue weighted by molar-refractivity contribution is 0.590. The number of anilines is 2. The Morgan fingerprint density at radius 2 is 1.95 bits per heavy atom. The van der Waals surface area contributed by atoms with E-state index in [-0.39, 0.29) is 4.90 Å². The molecular weight excluding hydrogens is 288 g/mol. The second-order valence-corrected chi connectivity index (χ2v) is 6.77. The van der Waals surface area contributed by atoms with E-state index in [0.717, 1.165) is 5.56 Å². The Balaban J connectivity index is 2.57. The molecule has 7 heteroatoms. The van der Waals surface area contributed by atoms with E-state index in [1.54, 1.807) is 32.9 Å². The predicted molar refractivity (Wildman–Crippen MR) is 83.9 cm³/mol. The van der Waals surface area contributed by atoms with E-state index in [9.17, 15) is 8.42 Å². The van der Waals surface area contributed by atoms with Gasteiger partial charge >= 0.3 is 0 Å². The molecule has 2 aromatic rings. The van der Waals surface area contributed by atoms with Crippen LogP contribution in [0.25, 0.3) is 0 Å². The zero-order valence-corrected chi connectivity index (χ0v) is 13.5. The van der Waals surface area contributed by atoms with Crippen LogP contribution in [0.2, 0.25) is 0 Å². The van der Waals surface area contributed by atoms with E-state index in [0.29, 0.717) is 29.3 Å². The van der Waals surface area contributed by atoms with Gasteiger partial charge in [0.15, 0.2) is 0 Å². The van der Waals surface area contributed by atoms with Gasteiger partial charge in [0, 0.05) is 12.2 Å². The van der Waals surface area contributed by atoms with Crippen LogP contribution < -0.4 is 10.0 Å². The summed E-state index contributed by atoms with van der Waals surface area (Å²) >= 11 is 0. The Hall–Kier alpha value is -2.02. The van der Waals surface area contributed by atoms with Gasteiger partial charge in [0.05, 0.1) is 17.1 Å². The van der Waals surface area contributed by atoms with Crippen LogP contribution in [-0.2, 0) is 10.0 Å². The third-order valence-electron chi connectivity index (χ3n) is 3.45. The van der Waals surface area contributed by atoms with Crippen molar-refractivity contribution in [2.45, 2.75) is 32.6 Å². The van der Waals surface area contributed by atoms with E-state index in [4.69, 9.17) is 5.73 Å². The van der Waals surface area contributed by atoms with Crippen molar-refractivity contribution in [1.82, 2.24) is 10.2 Å². The second-order valence-electron chi connectivity index (χ2n) is 4.97. The molecule has 0 atom stereocenters. The minimum Gasteiger partial charge on any atom is -0.398 e. The Labute approximate surface area is 125 Å². The van der Waals surface area contributed by atoms with Crippen molar-refractivity contribution >= 4 is 21.4 Å². The highest BCUT2D eigenvalue weighted by molar-refractivity contribution is 7.93. The van der Waals surface area contributed by atoms with Crippen LogP contribution in [0.5, 0.6) is 0 Å². The summed E-state index contributed by atoms with van der Waals surface area (Å²) in [6.07, 6.45) is 0. The van der Waals surface area contributed by atoms with Crippen LogP contribution in [0, 0.1) is 20.8 Å². The molecule has 0 saturated heterocycles. The van der Waals surface area contributed by atoms with Gasteiger partial charge in [-0.3, -0.25) is 9.40 Å². The number of H-pyrrole nitrogens is 1. The van der Waals surface area contributed by atoms with E-state index in [1.165, 1.54) is 4.31 Å². The fraction of sp³-hybridized carbons (Fsp3) is 0.357. The number of sulfonamides is 1. The topological polar surface area (TPSA) is 92.1 Å². The zero-order chi connectivity index (χ0) is 15.8. The molecule has 114 valence electrons. The first kappa shape index (κ1) is 15.4. The normalized spacial score (nSPS) is 11.6. The highest BCUT2D eigenvalue weighted by Gasteiger charge is 2.29. The molecule has 3 N–H and O–H groups in total. The van der Waals surface area contributed by atoms with Gasteiger partial charge in [-0.15, -0.1) is 0 Å². The van der Waals surface area contributed by atoms with Crippen molar-refractivity contribution in [3.8, 4) is 0 Å². The number of hydrogen-bond acceptors (Lipinski definition) is 4. The average Bonchev–Trinajstić information content (AvgIpc) is 2.74. The van der Waals surface area contributed by atoms with E-state index >= 15 is 0 Å². The molecule has 1 aromatic carbocycles. The van der Waals surface area contributed by atoms with E-state index in [1.807, 2.05) is 13.0 Å². The van der Waals surface area contributed by atoms with Gasteiger partial charge in [0.1, 0.15) is 4.90 Å². The monoisotopic (exact) mass is 308 g/mol. The van der Waals surface area contributed by atoms with Gasteiger partial charge in [-0.1, -0.05) is 6.07 Å². The van der Waals surface area contributed by atoms with Crippen molar-refractivity contribution in [2.75, 3.05) is 16.6 Å². The summed E-state index contributed by atoms with van der Waals surface area (Å²) in [5.74, 6) is 0. The molecule has 0 aliphatic rings. The second kappa shape index (κ2) is 5.40. The fourth-order valence-corrected chi connectivity index (χ4v) is 4.11. The maximum absolute atomic E-state index is 12.9. The number of rotatable bonds is 4. The van der Waals surface area contributed by atoms with Gasteiger partial charge < -0.3 is 5.73 Å². The Kier molecular flexibility index (Phi) is 3.95. The molecule has 0 aliphatic carbocycles. The molecule has 0 unspecified atom stereocenters. The molecule has 0 fully saturated rings. The summed E-state index contributed by atoms with van der Waals surface area (Å²) in [6.45, 7) is 7.36. The SMILES string of the molecule is CCN(c1ccc(C)c(N)c1)S(=O)(=O)c1c(C)n[nH]c1C. The Morgan fingerprint density at radius 3 is 2.43 bits per heavy atom. The third-order valence-corrected chi connectivity index (χ3v) is 5.61. The number of hydrogen-bond donors (Lipinski definition) is 2. The molecular formula is C14H20N4O2S. The quantitative estimate of drug-likeness (QED) is 0.846. The van der Waals surface area contributed by atoms with Crippen molar-refractivity contribution in [3.05, 3.63) is 35.2 Å². The molecule has 0 radical (unpaired) electrons. The first-order valence-electron chi connectivity index (χ1n) is 6.69. The lowest BCUT2D eigenvalue weighted by atomic mass is 10.2.